The fraction of sp³-hybridized carbons (Fsp3) is 0.0870. The number of amides is 1. The second kappa shape index (κ2) is 7.29. The maximum Gasteiger partial charge on any atom is 0.253 e. The van der Waals surface area contributed by atoms with E-state index in [2.05, 4.69) is 49.4 Å². The molecular formula is C23H17BrN4O. The molecule has 142 valence electrons. The Bertz CT molecular complexity index is 1210. The van der Waals surface area contributed by atoms with Gasteiger partial charge < -0.3 is 10.3 Å². The van der Waals surface area contributed by atoms with E-state index in [-0.39, 0.29) is 5.91 Å². The third kappa shape index (κ3) is 3.36. The number of nitrogens with zero attached hydrogens (tertiary/aromatic N) is 2. The number of hydrogen-bond donors (Lipinski definition) is 2. The fourth-order valence-electron chi connectivity index (χ4n) is 3.63. The van der Waals surface area contributed by atoms with Crippen molar-refractivity contribution in [3.8, 4) is 33.9 Å². The molecule has 0 bridgehead atoms. The highest BCUT2D eigenvalue weighted by atomic mass is 79.9. The molecule has 0 spiro atoms. The zero-order valence-corrected chi connectivity index (χ0v) is 17.0. The van der Waals surface area contributed by atoms with Gasteiger partial charge in [0.15, 0.2) is 5.82 Å². The average molecular weight is 445 g/mol. The van der Waals surface area contributed by atoms with E-state index in [4.69, 9.17) is 4.98 Å². The number of carbonyl (C=O) groups excluding carboxylic acids is 1. The molecule has 3 heterocycles. The summed E-state index contributed by atoms with van der Waals surface area (Å²) in [4.78, 5) is 24.8. The van der Waals surface area contributed by atoms with E-state index >= 15 is 0 Å². The maximum absolute atomic E-state index is 12.1. The predicted molar refractivity (Wildman–Crippen MR) is 116 cm³/mol. The molecule has 0 atom stereocenters. The second-order valence-corrected chi connectivity index (χ2v) is 7.81. The van der Waals surface area contributed by atoms with Crippen LogP contribution in [0.15, 0.2) is 71.3 Å². The monoisotopic (exact) mass is 444 g/mol. The summed E-state index contributed by atoms with van der Waals surface area (Å²) in [5, 5.41) is 2.87. The van der Waals surface area contributed by atoms with Crippen molar-refractivity contribution in [2.24, 2.45) is 0 Å². The highest BCUT2D eigenvalue weighted by Crippen LogP contribution is 2.32. The summed E-state index contributed by atoms with van der Waals surface area (Å²) in [7, 11) is 0. The molecule has 2 aromatic carbocycles. The number of H-pyrrole nitrogens is 1. The number of aromatic amines is 1. The van der Waals surface area contributed by atoms with Gasteiger partial charge in [0.1, 0.15) is 0 Å². The molecule has 6 heteroatoms. The maximum atomic E-state index is 12.1. The Kier molecular flexibility index (Phi) is 4.48. The molecular weight excluding hydrogens is 428 g/mol. The SMILES string of the molecule is O=C1NCCc2[nH]c(-c3ccnc(-c4ccccc4-c4ccc(Br)cc4)n3)cc21. The molecule has 5 rings (SSSR count). The molecule has 4 aromatic rings. The van der Waals surface area contributed by atoms with Crippen molar-refractivity contribution in [3.63, 3.8) is 0 Å². The van der Waals surface area contributed by atoms with E-state index in [1.54, 1.807) is 6.20 Å². The summed E-state index contributed by atoms with van der Waals surface area (Å²) in [6.45, 7) is 0.654. The van der Waals surface area contributed by atoms with E-state index in [1.165, 1.54) is 0 Å². The second-order valence-electron chi connectivity index (χ2n) is 6.90. The van der Waals surface area contributed by atoms with Crippen molar-refractivity contribution in [2.45, 2.75) is 6.42 Å². The van der Waals surface area contributed by atoms with Crippen molar-refractivity contribution >= 4 is 21.8 Å². The van der Waals surface area contributed by atoms with Crippen LogP contribution in [0.4, 0.5) is 0 Å². The summed E-state index contributed by atoms with van der Waals surface area (Å²) in [6.07, 6.45) is 2.56. The first-order valence-electron chi connectivity index (χ1n) is 9.38. The molecule has 2 aromatic heterocycles. The van der Waals surface area contributed by atoms with Crippen LogP contribution in [-0.4, -0.2) is 27.4 Å². The van der Waals surface area contributed by atoms with Gasteiger partial charge in [0.05, 0.1) is 17.0 Å². The van der Waals surface area contributed by atoms with Crippen LogP contribution < -0.4 is 5.32 Å². The number of carbonyl (C=O) groups is 1. The van der Waals surface area contributed by atoms with Crippen LogP contribution in [0.25, 0.3) is 33.9 Å². The topological polar surface area (TPSA) is 70.7 Å². The van der Waals surface area contributed by atoms with E-state index in [0.717, 1.165) is 44.7 Å². The van der Waals surface area contributed by atoms with Gasteiger partial charge in [0.2, 0.25) is 0 Å². The molecule has 0 fully saturated rings. The minimum atomic E-state index is -0.0383. The number of hydrogen-bond acceptors (Lipinski definition) is 3. The van der Waals surface area contributed by atoms with Crippen LogP contribution in [0, 0.1) is 0 Å². The number of aromatic nitrogens is 3. The number of rotatable bonds is 3. The van der Waals surface area contributed by atoms with Crippen LogP contribution >= 0.6 is 15.9 Å². The Morgan fingerprint density at radius 3 is 2.52 bits per heavy atom. The van der Waals surface area contributed by atoms with Gasteiger partial charge in [-0.15, -0.1) is 0 Å². The smallest absolute Gasteiger partial charge is 0.253 e. The molecule has 1 aliphatic heterocycles. The molecule has 0 unspecified atom stereocenters. The molecule has 0 saturated carbocycles. The van der Waals surface area contributed by atoms with Crippen molar-refractivity contribution < 1.29 is 4.79 Å². The van der Waals surface area contributed by atoms with Gasteiger partial charge in [-0.25, -0.2) is 9.97 Å². The van der Waals surface area contributed by atoms with Gasteiger partial charge >= 0.3 is 0 Å². The van der Waals surface area contributed by atoms with Crippen molar-refractivity contribution in [2.75, 3.05) is 6.54 Å². The van der Waals surface area contributed by atoms with Gasteiger partial charge in [-0.2, -0.15) is 0 Å². The summed E-state index contributed by atoms with van der Waals surface area (Å²) >= 11 is 3.49. The first kappa shape index (κ1) is 17.8. The van der Waals surface area contributed by atoms with Crippen LogP contribution in [-0.2, 0) is 6.42 Å². The highest BCUT2D eigenvalue weighted by Gasteiger charge is 2.20. The number of halogens is 1. The third-order valence-electron chi connectivity index (χ3n) is 5.06. The molecule has 2 N–H and O–H groups in total. The number of fused-ring (bicyclic) bond motifs is 1. The molecule has 1 aliphatic rings. The molecule has 29 heavy (non-hydrogen) atoms. The zero-order valence-electron chi connectivity index (χ0n) is 15.4. The lowest BCUT2D eigenvalue weighted by atomic mass is 9.99. The standard InChI is InChI=1S/C23H17BrN4O/c24-15-7-5-14(6-8-15)16-3-1-2-4-17(16)22-25-11-10-20(28-22)21-13-18-19(27-21)9-12-26-23(18)29/h1-8,10-11,13,27H,9,12H2,(H,26,29). The lowest BCUT2D eigenvalue weighted by molar-refractivity contribution is 0.0946. The highest BCUT2D eigenvalue weighted by molar-refractivity contribution is 9.10. The Morgan fingerprint density at radius 1 is 0.931 bits per heavy atom. The first-order valence-corrected chi connectivity index (χ1v) is 10.2. The van der Waals surface area contributed by atoms with E-state index < -0.39 is 0 Å². The van der Waals surface area contributed by atoms with Gasteiger partial charge in [-0.3, -0.25) is 4.79 Å². The molecule has 5 nitrogen and oxygen atoms in total. The Labute approximate surface area is 176 Å². The third-order valence-corrected chi connectivity index (χ3v) is 5.59. The van der Waals surface area contributed by atoms with Gasteiger partial charge in [-0.05, 0) is 35.4 Å². The zero-order chi connectivity index (χ0) is 19.8. The number of benzene rings is 2. The summed E-state index contributed by atoms with van der Waals surface area (Å²) in [6, 6.07) is 20.0. The average Bonchev–Trinajstić information content (AvgIpc) is 3.20. The van der Waals surface area contributed by atoms with Crippen LogP contribution in [0.3, 0.4) is 0 Å². The van der Waals surface area contributed by atoms with Gasteiger partial charge in [0, 0.05) is 34.9 Å². The normalized spacial score (nSPS) is 13.1. The van der Waals surface area contributed by atoms with Crippen LogP contribution in [0.5, 0.6) is 0 Å². The minimum absolute atomic E-state index is 0.0383. The Morgan fingerprint density at radius 2 is 1.72 bits per heavy atom. The Balaban J connectivity index is 1.58. The molecule has 1 amide bonds. The molecule has 0 aliphatic carbocycles. The molecule has 0 radical (unpaired) electrons. The van der Waals surface area contributed by atoms with Crippen molar-refractivity contribution in [1.29, 1.82) is 0 Å². The summed E-state index contributed by atoms with van der Waals surface area (Å²) < 4.78 is 1.04. The number of nitrogens with one attached hydrogen (secondary N) is 2. The quantitative estimate of drug-likeness (QED) is 0.474. The lowest BCUT2D eigenvalue weighted by Gasteiger charge is -2.11. The molecule has 0 saturated heterocycles. The summed E-state index contributed by atoms with van der Waals surface area (Å²) in [5.74, 6) is 0.613. The van der Waals surface area contributed by atoms with Gasteiger partial charge in [-0.1, -0.05) is 52.3 Å². The van der Waals surface area contributed by atoms with Crippen LogP contribution in [0.1, 0.15) is 16.1 Å². The van der Waals surface area contributed by atoms with E-state index in [0.29, 0.717) is 17.9 Å². The van der Waals surface area contributed by atoms with Crippen molar-refractivity contribution in [3.05, 3.63) is 82.6 Å². The van der Waals surface area contributed by atoms with E-state index in [1.807, 2.05) is 42.5 Å². The predicted octanol–water partition coefficient (Wildman–Crippen LogP) is 4.85. The minimum Gasteiger partial charge on any atom is -0.356 e. The largest absolute Gasteiger partial charge is 0.356 e. The van der Waals surface area contributed by atoms with Crippen LogP contribution in [0.2, 0.25) is 0 Å². The lowest BCUT2D eigenvalue weighted by Crippen LogP contribution is -2.31. The first-order chi connectivity index (χ1) is 14.2. The summed E-state index contributed by atoms with van der Waals surface area (Å²) in [5.41, 5.74) is 6.39. The Hall–Kier alpha value is -3.25. The van der Waals surface area contributed by atoms with E-state index in [9.17, 15) is 4.79 Å². The van der Waals surface area contributed by atoms with Gasteiger partial charge in [0.25, 0.3) is 5.91 Å². The van der Waals surface area contributed by atoms with Crippen molar-refractivity contribution in [1.82, 2.24) is 20.3 Å². The fourth-order valence-corrected chi connectivity index (χ4v) is 3.89.